The first-order chi connectivity index (χ1) is 11.2. The van der Waals surface area contributed by atoms with Crippen LogP contribution >= 0.6 is 24.8 Å². The maximum Gasteiger partial charge on any atom is 0.133 e. The van der Waals surface area contributed by atoms with Gasteiger partial charge in [-0.05, 0) is 42.5 Å². The van der Waals surface area contributed by atoms with E-state index < -0.39 is 0 Å². The van der Waals surface area contributed by atoms with Gasteiger partial charge in [-0.3, -0.25) is 0 Å². The molecular formula is C19H21NOS2. The second-order valence-electron chi connectivity index (χ2n) is 5.82. The third-order valence-electron chi connectivity index (χ3n) is 4.17. The average molecular weight is 344 g/mol. The van der Waals surface area contributed by atoms with Crippen LogP contribution in [-0.2, 0) is 6.42 Å². The molecule has 1 saturated heterocycles. The van der Waals surface area contributed by atoms with Gasteiger partial charge in [-0.15, -0.1) is 12.6 Å². The number of hydrogen-bond acceptors (Lipinski definition) is 2. The lowest BCUT2D eigenvalue weighted by atomic mass is 10.0. The molecule has 0 unspecified atom stereocenters. The molecule has 120 valence electrons. The summed E-state index contributed by atoms with van der Waals surface area (Å²) in [4.78, 5) is 2.15. The highest BCUT2D eigenvalue weighted by atomic mass is 32.1. The fraction of sp³-hybridized carbons (Fsp3) is 0.316. The van der Waals surface area contributed by atoms with Crippen LogP contribution in [0.15, 0.2) is 48.5 Å². The van der Waals surface area contributed by atoms with Crippen LogP contribution in [0.4, 0.5) is 0 Å². The predicted octanol–water partition coefficient (Wildman–Crippen LogP) is 5.07. The molecule has 0 bridgehead atoms. The van der Waals surface area contributed by atoms with E-state index in [1.54, 1.807) is 0 Å². The van der Waals surface area contributed by atoms with Crippen LogP contribution in [0.2, 0.25) is 0 Å². The van der Waals surface area contributed by atoms with E-state index in [-0.39, 0.29) is 0 Å². The molecule has 2 heterocycles. The molecule has 0 aromatic heterocycles. The number of hydrogen-bond donors (Lipinski definition) is 1. The maximum atomic E-state index is 5.78. The summed E-state index contributed by atoms with van der Waals surface area (Å²) in [6.45, 7) is 2.23. The molecule has 2 aromatic carbocycles. The van der Waals surface area contributed by atoms with E-state index in [1.165, 1.54) is 30.4 Å². The van der Waals surface area contributed by atoms with Gasteiger partial charge in [-0.2, -0.15) is 0 Å². The summed E-state index contributed by atoms with van der Waals surface area (Å²) in [5, 5.41) is 0. The molecule has 2 aliphatic heterocycles. The zero-order chi connectivity index (χ0) is 16.1. The van der Waals surface area contributed by atoms with Crippen LogP contribution in [0.1, 0.15) is 30.4 Å². The Morgan fingerprint density at radius 1 is 0.870 bits per heavy atom. The summed E-state index contributed by atoms with van der Waals surface area (Å²) in [7, 11) is 0. The quantitative estimate of drug-likeness (QED) is 0.452. The number of rotatable bonds is 0. The van der Waals surface area contributed by atoms with E-state index in [4.69, 9.17) is 17.0 Å². The molecule has 4 heteroatoms. The lowest BCUT2D eigenvalue weighted by Crippen LogP contribution is -2.31. The van der Waals surface area contributed by atoms with Gasteiger partial charge in [-0.25, -0.2) is 0 Å². The maximum absolute atomic E-state index is 5.78. The van der Waals surface area contributed by atoms with Crippen molar-refractivity contribution < 1.29 is 4.74 Å². The zero-order valence-corrected chi connectivity index (χ0v) is 14.8. The Balaban J connectivity index is 0.000000151. The van der Waals surface area contributed by atoms with Crippen molar-refractivity contribution in [3.05, 3.63) is 59.7 Å². The Morgan fingerprint density at radius 2 is 1.39 bits per heavy atom. The second kappa shape index (κ2) is 7.84. The van der Waals surface area contributed by atoms with Crippen molar-refractivity contribution in [2.24, 2.45) is 0 Å². The summed E-state index contributed by atoms with van der Waals surface area (Å²) in [5.41, 5.74) is 2.54. The molecule has 0 saturated carbocycles. The summed E-state index contributed by atoms with van der Waals surface area (Å²) in [6.07, 6.45) is 4.89. The first-order valence-electron chi connectivity index (χ1n) is 8.05. The summed E-state index contributed by atoms with van der Waals surface area (Å²) >= 11 is 9.00. The number of fused-ring (bicyclic) bond motifs is 2. The molecule has 0 N–H and O–H groups in total. The predicted molar refractivity (Wildman–Crippen MR) is 103 cm³/mol. The smallest absolute Gasteiger partial charge is 0.133 e. The fourth-order valence-corrected chi connectivity index (χ4v) is 3.29. The molecule has 4 rings (SSSR count). The third kappa shape index (κ3) is 4.27. The standard InChI is InChI=1S/C13H10O.C6H11NS2/c1-3-7-12-10(5-1)9-11-6-2-4-8-13(11)14-12;8-6(9)7-4-2-1-3-5-7/h1-8H,9H2;1-5H2,(H,8,9). The second-order valence-corrected chi connectivity index (χ2v) is 6.94. The van der Waals surface area contributed by atoms with E-state index in [2.05, 4.69) is 41.8 Å². The van der Waals surface area contributed by atoms with Gasteiger partial charge in [0.05, 0.1) is 0 Å². The van der Waals surface area contributed by atoms with E-state index >= 15 is 0 Å². The molecule has 23 heavy (non-hydrogen) atoms. The van der Waals surface area contributed by atoms with Gasteiger partial charge in [-0.1, -0.05) is 48.6 Å². The number of thiol groups is 1. The van der Waals surface area contributed by atoms with Crippen molar-refractivity contribution in [3.8, 4) is 11.5 Å². The van der Waals surface area contributed by atoms with Gasteiger partial charge in [0, 0.05) is 19.5 Å². The van der Waals surface area contributed by atoms with E-state index in [1.807, 2.05) is 24.3 Å². The number of nitrogens with zero attached hydrogens (tertiary/aromatic N) is 1. The minimum atomic E-state index is 0.759. The Morgan fingerprint density at radius 3 is 1.87 bits per heavy atom. The molecule has 2 nitrogen and oxygen atoms in total. The Kier molecular flexibility index (Phi) is 5.57. The fourth-order valence-electron chi connectivity index (χ4n) is 2.91. The van der Waals surface area contributed by atoms with Crippen molar-refractivity contribution in [2.75, 3.05) is 13.1 Å². The number of benzene rings is 2. The molecule has 1 fully saturated rings. The number of thiocarbonyl (C=S) groups is 1. The largest absolute Gasteiger partial charge is 0.457 e. The van der Waals surface area contributed by atoms with Gasteiger partial charge in [0.15, 0.2) is 0 Å². The molecular weight excluding hydrogens is 322 g/mol. The van der Waals surface area contributed by atoms with Gasteiger partial charge in [0.25, 0.3) is 0 Å². The highest BCUT2D eigenvalue weighted by molar-refractivity contribution is 8.10. The lowest BCUT2D eigenvalue weighted by molar-refractivity contribution is 0.352. The molecule has 0 spiro atoms. The zero-order valence-electron chi connectivity index (χ0n) is 13.1. The topological polar surface area (TPSA) is 12.5 Å². The van der Waals surface area contributed by atoms with Crippen LogP contribution in [0.25, 0.3) is 0 Å². The van der Waals surface area contributed by atoms with Gasteiger partial charge >= 0.3 is 0 Å². The van der Waals surface area contributed by atoms with Crippen LogP contribution in [0.5, 0.6) is 11.5 Å². The highest BCUT2D eigenvalue weighted by Crippen LogP contribution is 2.35. The lowest BCUT2D eigenvalue weighted by Gasteiger charge is -2.26. The summed E-state index contributed by atoms with van der Waals surface area (Å²) < 4.78 is 6.54. The van der Waals surface area contributed by atoms with Crippen molar-refractivity contribution in [2.45, 2.75) is 25.7 Å². The van der Waals surface area contributed by atoms with Gasteiger partial charge < -0.3 is 9.64 Å². The van der Waals surface area contributed by atoms with E-state index in [0.717, 1.165) is 35.3 Å². The van der Waals surface area contributed by atoms with Crippen molar-refractivity contribution in [1.29, 1.82) is 0 Å². The molecule has 0 atom stereocenters. The SMILES string of the molecule is S=C(S)N1CCCCC1.c1ccc2c(c1)Cc1ccccc1O2. The molecule has 0 aliphatic carbocycles. The van der Waals surface area contributed by atoms with Crippen LogP contribution < -0.4 is 4.74 Å². The van der Waals surface area contributed by atoms with Crippen LogP contribution in [0, 0.1) is 0 Å². The number of ether oxygens (including phenoxy) is 1. The third-order valence-corrected chi connectivity index (χ3v) is 4.71. The van der Waals surface area contributed by atoms with Crippen LogP contribution in [0.3, 0.4) is 0 Å². The first kappa shape index (κ1) is 16.3. The molecule has 2 aromatic rings. The normalized spacial score (nSPS) is 15.4. The first-order valence-corrected chi connectivity index (χ1v) is 8.91. The summed E-state index contributed by atoms with van der Waals surface area (Å²) in [5.74, 6) is 1.98. The van der Waals surface area contributed by atoms with E-state index in [0.29, 0.717) is 0 Å². The Labute approximate surface area is 148 Å². The average Bonchev–Trinajstić information content (AvgIpc) is 2.61. The van der Waals surface area contributed by atoms with Crippen LogP contribution in [-0.4, -0.2) is 22.3 Å². The Bertz CT molecular complexity index is 593. The molecule has 0 radical (unpaired) electrons. The van der Waals surface area contributed by atoms with Gasteiger partial charge in [0.2, 0.25) is 0 Å². The number of likely N-dealkylation sites (tertiary alicyclic amines) is 1. The summed E-state index contributed by atoms with van der Waals surface area (Å²) in [6, 6.07) is 16.4. The van der Waals surface area contributed by atoms with Crippen molar-refractivity contribution in [1.82, 2.24) is 4.90 Å². The van der Waals surface area contributed by atoms with Crippen molar-refractivity contribution in [3.63, 3.8) is 0 Å². The minimum Gasteiger partial charge on any atom is -0.457 e. The van der Waals surface area contributed by atoms with Gasteiger partial charge in [0.1, 0.15) is 15.8 Å². The number of para-hydroxylation sites is 2. The molecule has 0 amide bonds. The minimum absolute atomic E-state index is 0.759. The highest BCUT2D eigenvalue weighted by Gasteiger charge is 2.14. The monoisotopic (exact) mass is 343 g/mol. The molecule has 2 aliphatic rings. The van der Waals surface area contributed by atoms with Crippen molar-refractivity contribution >= 4 is 29.2 Å². The van der Waals surface area contributed by atoms with E-state index in [9.17, 15) is 0 Å². The number of piperidine rings is 1. The Hall–Kier alpha value is -1.52.